The van der Waals surface area contributed by atoms with E-state index >= 15 is 0 Å². The second-order valence-electron chi connectivity index (χ2n) is 9.68. The lowest BCUT2D eigenvalue weighted by Gasteiger charge is -2.15. The number of benzene rings is 2. The Balaban J connectivity index is 1.76. The number of phosphoric acid groups is 1. The van der Waals surface area contributed by atoms with Crippen LogP contribution in [0.4, 0.5) is 0 Å². The van der Waals surface area contributed by atoms with Crippen LogP contribution in [0.1, 0.15) is 96.5 Å². The first-order valence-electron chi connectivity index (χ1n) is 14.6. The normalized spacial score (nSPS) is 13.1. The smallest absolute Gasteiger partial charge is 0.379 e. The van der Waals surface area contributed by atoms with Crippen molar-refractivity contribution in [2.24, 2.45) is 0 Å². The number of rotatable bonds is 24. The molecule has 0 saturated carbocycles. The van der Waals surface area contributed by atoms with Gasteiger partial charge in [0.15, 0.2) is 5.75 Å². The van der Waals surface area contributed by atoms with Crippen molar-refractivity contribution in [2.75, 3.05) is 33.0 Å². The molecule has 2 aromatic carbocycles. The molecule has 0 aliphatic carbocycles. The van der Waals surface area contributed by atoms with Gasteiger partial charge in [-0.2, -0.15) is 0 Å². The highest BCUT2D eigenvalue weighted by atomic mass is 31.2. The standard InChI is InChI=1S/C30H49O7P/c1-3-5-6-7-8-9-10-11-12-13-14-15-19-28-22-21-27-18-16-17-20-29(27)30(28)36-37-38(31,32)35-26-25-34-24-23-33-4-2/h16-18,20-22H,3-15,19,23-26H2,1-2H3,(H,31,32). The summed E-state index contributed by atoms with van der Waals surface area (Å²) in [5, 5.41) is 1.81. The van der Waals surface area contributed by atoms with Crippen LogP contribution in [0.25, 0.3) is 10.8 Å². The van der Waals surface area contributed by atoms with E-state index in [2.05, 4.69) is 6.92 Å². The first kappa shape index (κ1) is 32.7. The molecule has 0 spiro atoms. The minimum atomic E-state index is -4.41. The van der Waals surface area contributed by atoms with Crippen LogP contribution < -0.4 is 4.89 Å². The molecule has 1 unspecified atom stereocenters. The van der Waals surface area contributed by atoms with Gasteiger partial charge in [0, 0.05) is 12.0 Å². The second kappa shape index (κ2) is 20.4. The van der Waals surface area contributed by atoms with Gasteiger partial charge in [0.25, 0.3) is 0 Å². The zero-order valence-corrected chi connectivity index (χ0v) is 24.4. The Morgan fingerprint density at radius 1 is 0.711 bits per heavy atom. The average Bonchev–Trinajstić information content (AvgIpc) is 2.92. The summed E-state index contributed by atoms with van der Waals surface area (Å²) in [7, 11) is -4.41. The van der Waals surface area contributed by atoms with E-state index in [-0.39, 0.29) is 13.2 Å². The fourth-order valence-electron chi connectivity index (χ4n) is 4.42. The molecule has 8 heteroatoms. The van der Waals surface area contributed by atoms with Gasteiger partial charge in [-0.1, -0.05) is 119 Å². The minimum Gasteiger partial charge on any atom is -0.379 e. The quantitative estimate of drug-likeness (QED) is 0.0604. The maximum Gasteiger partial charge on any atom is 0.508 e. The Hall–Kier alpha value is -1.47. The van der Waals surface area contributed by atoms with Crippen LogP contribution in [0.5, 0.6) is 5.75 Å². The van der Waals surface area contributed by atoms with E-state index in [1.807, 2.05) is 43.3 Å². The molecule has 0 aliphatic rings. The molecule has 0 amide bonds. The van der Waals surface area contributed by atoms with Crippen molar-refractivity contribution in [1.82, 2.24) is 0 Å². The maximum atomic E-state index is 12.3. The molecule has 216 valence electrons. The number of fused-ring (bicyclic) bond motifs is 1. The molecule has 2 aromatic rings. The summed E-state index contributed by atoms with van der Waals surface area (Å²) in [6, 6.07) is 11.8. The number of ether oxygens (including phenoxy) is 2. The molecule has 1 atom stereocenters. The zero-order valence-electron chi connectivity index (χ0n) is 23.5. The highest BCUT2D eigenvalue weighted by Crippen LogP contribution is 2.44. The van der Waals surface area contributed by atoms with Gasteiger partial charge in [-0.05, 0) is 30.7 Å². The molecule has 0 aliphatic heterocycles. The molecule has 1 N–H and O–H groups in total. The summed E-state index contributed by atoms with van der Waals surface area (Å²) >= 11 is 0. The van der Waals surface area contributed by atoms with Gasteiger partial charge >= 0.3 is 7.82 Å². The van der Waals surface area contributed by atoms with Crippen LogP contribution in [0.3, 0.4) is 0 Å². The topological polar surface area (TPSA) is 83.5 Å². The summed E-state index contributed by atoms with van der Waals surface area (Å²) in [6.45, 7) is 5.70. The van der Waals surface area contributed by atoms with Crippen LogP contribution in [-0.2, 0) is 29.7 Å². The molecule has 0 aromatic heterocycles. The summed E-state index contributed by atoms with van der Waals surface area (Å²) in [5.74, 6) is 0.469. The monoisotopic (exact) mass is 552 g/mol. The van der Waals surface area contributed by atoms with Gasteiger partial charge in [0.05, 0.1) is 26.4 Å². The first-order chi connectivity index (χ1) is 18.6. The van der Waals surface area contributed by atoms with Crippen molar-refractivity contribution in [3.05, 3.63) is 42.0 Å². The van der Waals surface area contributed by atoms with Crippen molar-refractivity contribution < 1.29 is 33.0 Å². The van der Waals surface area contributed by atoms with Gasteiger partial charge in [-0.15, -0.1) is 0 Å². The number of hydrogen-bond donors (Lipinski definition) is 1. The van der Waals surface area contributed by atoms with E-state index in [0.29, 0.717) is 25.6 Å². The molecular weight excluding hydrogens is 503 g/mol. The predicted octanol–water partition coefficient (Wildman–Crippen LogP) is 8.56. The Kier molecular flexibility index (Phi) is 17.6. The fourth-order valence-corrected chi connectivity index (χ4v) is 4.94. The third kappa shape index (κ3) is 14.1. The molecular formula is C30H49O7P. The molecule has 0 radical (unpaired) electrons. The van der Waals surface area contributed by atoms with E-state index in [4.69, 9.17) is 23.6 Å². The van der Waals surface area contributed by atoms with E-state index in [1.165, 1.54) is 64.2 Å². The van der Waals surface area contributed by atoms with Crippen molar-refractivity contribution in [2.45, 2.75) is 97.3 Å². The van der Waals surface area contributed by atoms with Crippen LogP contribution in [0.15, 0.2) is 36.4 Å². The predicted molar refractivity (Wildman–Crippen MR) is 154 cm³/mol. The number of hydrogen-bond acceptors (Lipinski definition) is 6. The van der Waals surface area contributed by atoms with Crippen LogP contribution in [0.2, 0.25) is 0 Å². The van der Waals surface area contributed by atoms with Crippen molar-refractivity contribution in [3.63, 3.8) is 0 Å². The maximum absolute atomic E-state index is 12.3. The van der Waals surface area contributed by atoms with Crippen molar-refractivity contribution in [1.29, 1.82) is 0 Å². The fraction of sp³-hybridized carbons (Fsp3) is 0.667. The summed E-state index contributed by atoms with van der Waals surface area (Å²) in [4.78, 5) is 15.6. The highest BCUT2D eigenvalue weighted by Gasteiger charge is 2.25. The lowest BCUT2D eigenvalue weighted by atomic mass is 10.00. The van der Waals surface area contributed by atoms with E-state index < -0.39 is 7.82 Å². The Morgan fingerprint density at radius 3 is 2.00 bits per heavy atom. The first-order valence-corrected chi connectivity index (χ1v) is 16.1. The Morgan fingerprint density at radius 2 is 1.32 bits per heavy atom. The third-order valence-electron chi connectivity index (χ3n) is 6.53. The second-order valence-corrected chi connectivity index (χ2v) is 11.0. The van der Waals surface area contributed by atoms with Crippen molar-refractivity contribution >= 4 is 18.6 Å². The van der Waals surface area contributed by atoms with E-state index in [1.54, 1.807) is 0 Å². The Bertz CT molecular complexity index is 921. The minimum absolute atomic E-state index is 0.0927. The van der Waals surface area contributed by atoms with Gasteiger partial charge in [0.1, 0.15) is 0 Å². The average molecular weight is 553 g/mol. The SMILES string of the molecule is CCCCCCCCCCCCCCc1ccc2ccccc2c1OOP(=O)(O)OCCOCCOCC. The lowest BCUT2D eigenvalue weighted by molar-refractivity contribution is -0.128. The van der Waals surface area contributed by atoms with Crippen LogP contribution >= 0.6 is 7.82 Å². The van der Waals surface area contributed by atoms with E-state index in [9.17, 15) is 9.46 Å². The lowest BCUT2D eigenvalue weighted by Crippen LogP contribution is -2.09. The molecule has 38 heavy (non-hydrogen) atoms. The van der Waals surface area contributed by atoms with Crippen LogP contribution in [-0.4, -0.2) is 37.9 Å². The molecule has 7 nitrogen and oxygen atoms in total. The number of phosphoric ester groups is 1. The summed E-state index contributed by atoms with van der Waals surface area (Å²) < 4.78 is 32.7. The van der Waals surface area contributed by atoms with Gasteiger partial charge < -0.3 is 19.3 Å². The van der Waals surface area contributed by atoms with Crippen molar-refractivity contribution in [3.8, 4) is 5.75 Å². The highest BCUT2D eigenvalue weighted by molar-refractivity contribution is 7.47. The zero-order chi connectivity index (χ0) is 27.3. The molecule has 0 fully saturated rings. The molecule has 0 saturated heterocycles. The van der Waals surface area contributed by atoms with Gasteiger partial charge in [-0.3, -0.25) is 4.52 Å². The molecule has 2 rings (SSSR count). The van der Waals surface area contributed by atoms with Gasteiger partial charge in [-0.25, -0.2) is 4.57 Å². The van der Waals surface area contributed by atoms with Gasteiger partial charge in [0.2, 0.25) is 0 Å². The van der Waals surface area contributed by atoms with E-state index in [0.717, 1.165) is 35.6 Å². The molecule has 0 heterocycles. The molecule has 0 bridgehead atoms. The third-order valence-corrected chi connectivity index (χ3v) is 7.31. The Labute approximate surface area is 229 Å². The number of aryl methyl sites for hydroxylation is 1. The largest absolute Gasteiger partial charge is 0.508 e. The summed E-state index contributed by atoms with van der Waals surface area (Å²) in [6.07, 6.45) is 16.3. The van der Waals surface area contributed by atoms with Crippen LogP contribution in [0, 0.1) is 0 Å². The number of unbranched alkanes of at least 4 members (excludes halogenated alkanes) is 11. The summed E-state index contributed by atoms with van der Waals surface area (Å²) in [5.41, 5.74) is 0.954.